The normalized spacial score (nSPS) is 11.6. The number of carbonyl (C=O) groups is 2. The molecule has 0 saturated carbocycles. The van der Waals surface area contributed by atoms with Crippen LogP contribution in [-0.4, -0.2) is 31.7 Å². The maximum Gasteiger partial charge on any atom is 0.347 e. The lowest BCUT2D eigenvalue weighted by Crippen LogP contribution is -2.29. The highest BCUT2D eigenvalue weighted by molar-refractivity contribution is 5.93. The molecule has 116 valence electrons. The number of esters is 1. The molecule has 0 saturated heterocycles. The molecule has 0 aliphatic rings. The summed E-state index contributed by atoms with van der Waals surface area (Å²) < 4.78 is 15.7. The Morgan fingerprint density at radius 3 is 2.38 bits per heavy atom. The highest BCUT2D eigenvalue weighted by Crippen LogP contribution is 2.24. The van der Waals surface area contributed by atoms with Crippen molar-refractivity contribution in [1.82, 2.24) is 0 Å². The lowest BCUT2D eigenvalue weighted by molar-refractivity contribution is -0.151. The Balaban J connectivity index is 2.99. The van der Waals surface area contributed by atoms with Gasteiger partial charge in [-0.25, -0.2) is 4.79 Å². The number of amides is 1. The molecule has 2 N–H and O–H groups in total. The molecule has 1 amide bonds. The van der Waals surface area contributed by atoms with Crippen LogP contribution in [0.2, 0.25) is 0 Å². The molecule has 1 aromatic rings. The number of nitrogens with two attached hydrogens (primary N) is 1. The third-order valence-electron chi connectivity index (χ3n) is 2.78. The maximum atomic E-state index is 11.8. The van der Waals surface area contributed by atoms with Crippen molar-refractivity contribution in [2.75, 3.05) is 13.7 Å². The zero-order valence-electron chi connectivity index (χ0n) is 12.5. The smallest absolute Gasteiger partial charge is 0.347 e. The van der Waals surface area contributed by atoms with Crippen LogP contribution in [0.4, 0.5) is 0 Å². The van der Waals surface area contributed by atoms with Gasteiger partial charge in [0, 0.05) is 11.6 Å². The quantitative estimate of drug-likeness (QED) is 0.740. The summed E-state index contributed by atoms with van der Waals surface area (Å²) in [5.74, 6) is -0.250. The number of hydrogen-bond acceptors (Lipinski definition) is 5. The first-order valence-electron chi connectivity index (χ1n) is 6.84. The van der Waals surface area contributed by atoms with Crippen LogP contribution >= 0.6 is 0 Å². The minimum absolute atomic E-state index is 0.253. The van der Waals surface area contributed by atoms with Gasteiger partial charge in [0.25, 0.3) is 0 Å². The summed E-state index contributed by atoms with van der Waals surface area (Å²) in [6.45, 7) is 3.96. The van der Waals surface area contributed by atoms with Gasteiger partial charge in [0.1, 0.15) is 11.5 Å². The Kier molecular flexibility index (Phi) is 6.52. The van der Waals surface area contributed by atoms with E-state index in [1.54, 1.807) is 13.0 Å². The first-order chi connectivity index (χ1) is 10.0. The Bertz CT molecular complexity index is 501. The molecule has 0 radical (unpaired) electrons. The van der Waals surface area contributed by atoms with Crippen molar-refractivity contribution < 1.29 is 23.8 Å². The first-order valence-corrected chi connectivity index (χ1v) is 6.84. The van der Waals surface area contributed by atoms with E-state index in [0.29, 0.717) is 17.9 Å². The molecule has 0 aliphatic carbocycles. The monoisotopic (exact) mass is 295 g/mol. The van der Waals surface area contributed by atoms with E-state index in [-0.39, 0.29) is 12.2 Å². The number of methoxy groups -OCH3 is 1. The van der Waals surface area contributed by atoms with Crippen LogP contribution in [0.3, 0.4) is 0 Å². The lowest BCUT2D eigenvalue weighted by atomic mass is 10.1. The third-order valence-corrected chi connectivity index (χ3v) is 2.78. The minimum atomic E-state index is -0.720. The van der Waals surface area contributed by atoms with Gasteiger partial charge in [-0.3, -0.25) is 4.79 Å². The van der Waals surface area contributed by atoms with Crippen molar-refractivity contribution in [1.29, 1.82) is 0 Å². The van der Waals surface area contributed by atoms with Crippen LogP contribution in [-0.2, 0) is 9.53 Å². The maximum absolute atomic E-state index is 11.8. The Morgan fingerprint density at radius 2 is 1.86 bits per heavy atom. The summed E-state index contributed by atoms with van der Waals surface area (Å²) in [7, 11) is 1.47. The SMILES string of the molecule is CCCC(Oc1cc(OC)cc(C(N)=O)c1)C(=O)OCC. The topological polar surface area (TPSA) is 87.9 Å². The molecule has 0 aliphatic heterocycles. The minimum Gasteiger partial charge on any atom is -0.497 e. The molecule has 21 heavy (non-hydrogen) atoms. The van der Waals surface area contributed by atoms with Crippen LogP contribution in [0.15, 0.2) is 18.2 Å². The number of ether oxygens (including phenoxy) is 3. The molecule has 1 atom stereocenters. The van der Waals surface area contributed by atoms with Crippen molar-refractivity contribution in [2.45, 2.75) is 32.8 Å². The molecule has 1 unspecified atom stereocenters. The predicted octanol–water partition coefficient (Wildman–Crippen LogP) is 1.90. The summed E-state index contributed by atoms with van der Waals surface area (Å²) in [6.07, 6.45) is 0.556. The van der Waals surface area contributed by atoms with Crippen molar-refractivity contribution in [3.63, 3.8) is 0 Å². The van der Waals surface area contributed by atoms with E-state index in [1.165, 1.54) is 19.2 Å². The van der Waals surface area contributed by atoms with Crippen LogP contribution in [0, 0.1) is 0 Å². The van der Waals surface area contributed by atoms with E-state index < -0.39 is 18.0 Å². The molecule has 1 aromatic carbocycles. The fourth-order valence-corrected chi connectivity index (χ4v) is 1.79. The average Bonchev–Trinajstić information content (AvgIpc) is 2.46. The van der Waals surface area contributed by atoms with Crippen LogP contribution in [0.5, 0.6) is 11.5 Å². The third kappa shape index (κ3) is 4.98. The molecule has 0 spiro atoms. The van der Waals surface area contributed by atoms with Crippen molar-refractivity contribution in [2.24, 2.45) is 5.73 Å². The average molecular weight is 295 g/mol. The molecule has 0 aromatic heterocycles. The van der Waals surface area contributed by atoms with E-state index in [2.05, 4.69) is 0 Å². The summed E-state index contributed by atoms with van der Waals surface area (Å²) in [5, 5.41) is 0. The Labute approximate surface area is 124 Å². The van der Waals surface area contributed by atoms with Gasteiger partial charge in [-0.1, -0.05) is 13.3 Å². The summed E-state index contributed by atoms with van der Waals surface area (Å²) in [6, 6.07) is 4.58. The molecule has 6 heteroatoms. The first kappa shape index (κ1) is 16.8. The van der Waals surface area contributed by atoms with E-state index in [9.17, 15) is 9.59 Å². The Morgan fingerprint density at radius 1 is 1.19 bits per heavy atom. The van der Waals surface area contributed by atoms with Crippen LogP contribution < -0.4 is 15.2 Å². The molecule has 6 nitrogen and oxygen atoms in total. The van der Waals surface area contributed by atoms with Gasteiger partial charge in [0.15, 0.2) is 6.10 Å². The fourth-order valence-electron chi connectivity index (χ4n) is 1.79. The van der Waals surface area contributed by atoms with E-state index >= 15 is 0 Å². The van der Waals surface area contributed by atoms with E-state index in [0.717, 1.165) is 6.42 Å². The van der Waals surface area contributed by atoms with Gasteiger partial charge >= 0.3 is 5.97 Å². The summed E-state index contributed by atoms with van der Waals surface area (Å²) >= 11 is 0. The van der Waals surface area contributed by atoms with Crippen LogP contribution in [0.25, 0.3) is 0 Å². The van der Waals surface area contributed by atoms with Crippen molar-refractivity contribution in [3.8, 4) is 11.5 Å². The van der Waals surface area contributed by atoms with Gasteiger partial charge in [-0.15, -0.1) is 0 Å². The van der Waals surface area contributed by atoms with E-state index in [4.69, 9.17) is 19.9 Å². The number of rotatable bonds is 8. The highest BCUT2D eigenvalue weighted by atomic mass is 16.6. The summed E-state index contributed by atoms with van der Waals surface area (Å²) in [4.78, 5) is 23.1. The van der Waals surface area contributed by atoms with Gasteiger partial charge in [-0.05, 0) is 25.5 Å². The highest BCUT2D eigenvalue weighted by Gasteiger charge is 2.21. The second-order valence-corrected chi connectivity index (χ2v) is 4.41. The van der Waals surface area contributed by atoms with Gasteiger partial charge in [-0.2, -0.15) is 0 Å². The second-order valence-electron chi connectivity index (χ2n) is 4.41. The fraction of sp³-hybridized carbons (Fsp3) is 0.467. The molecule has 1 rings (SSSR count). The standard InChI is InChI=1S/C15H21NO5/c1-4-6-13(15(18)20-5-2)21-12-8-10(14(16)17)7-11(9-12)19-3/h7-9,13H,4-6H2,1-3H3,(H2,16,17). The molecule has 0 bridgehead atoms. The Hall–Kier alpha value is -2.24. The van der Waals surface area contributed by atoms with Crippen molar-refractivity contribution in [3.05, 3.63) is 23.8 Å². The predicted molar refractivity (Wildman–Crippen MR) is 77.5 cm³/mol. The zero-order valence-corrected chi connectivity index (χ0v) is 12.5. The zero-order chi connectivity index (χ0) is 15.8. The van der Waals surface area contributed by atoms with E-state index in [1.807, 2.05) is 6.92 Å². The second kappa shape index (κ2) is 8.14. The molecular weight excluding hydrogens is 274 g/mol. The molecule has 0 heterocycles. The van der Waals surface area contributed by atoms with Gasteiger partial charge < -0.3 is 19.9 Å². The molecule has 0 fully saturated rings. The lowest BCUT2D eigenvalue weighted by Gasteiger charge is -2.18. The summed E-state index contributed by atoms with van der Waals surface area (Å²) in [5.41, 5.74) is 5.51. The number of primary amides is 1. The number of benzene rings is 1. The molecular formula is C15H21NO5. The van der Waals surface area contributed by atoms with Crippen LogP contribution in [0.1, 0.15) is 37.0 Å². The number of carbonyl (C=O) groups excluding carboxylic acids is 2. The van der Waals surface area contributed by atoms with Gasteiger partial charge in [0.2, 0.25) is 5.91 Å². The van der Waals surface area contributed by atoms with Crippen molar-refractivity contribution >= 4 is 11.9 Å². The largest absolute Gasteiger partial charge is 0.497 e. The van der Waals surface area contributed by atoms with Gasteiger partial charge in [0.05, 0.1) is 13.7 Å². The number of hydrogen-bond donors (Lipinski definition) is 1.